The molecule has 0 aliphatic rings. The van der Waals surface area contributed by atoms with Crippen molar-refractivity contribution in [1.29, 1.82) is 0 Å². The number of hydrogen-bond donors (Lipinski definition) is 6. The second kappa shape index (κ2) is 52.6. The maximum Gasteiger partial charge on any atom is 3.00 e. The Kier molecular flexibility index (Phi) is 49.4. The normalized spacial score (nSPS) is 11.8. The number of thiocarbonyl (C=S) groups is 1. The van der Waals surface area contributed by atoms with E-state index < -0.39 is 155 Å². The van der Waals surface area contributed by atoms with Crippen LogP contribution in [0, 0.1) is 113 Å². The van der Waals surface area contributed by atoms with E-state index in [9.17, 15) is 119 Å². The molecule has 3 atom stereocenters. The minimum absolute atomic E-state index is 0. The molecule has 4 rings (SSSR count). The van der Waals surface area contributed by atoms with Crippen LogP contribution in [0.5, 0.6) is 17.2 Å². The molecule has 4 aromatic carbocycles. The number of anilines is 2. The molecule has 35 nitrogen and oxygen atoms in total. The predicted molar refractivity (Wildman–Crippen MR) is 383 cm³/mol. The van der Waals surface area contributed by atoms with Gasteiger partial charge in [-0.3, -0.25) is 34.2 Å². The van der Waals surface area contributed by atoms with Gasteiger partial charge in [-0.05, 0) is 193 Å². The van der Waals surface area contributed by atoms with Crippen molar-refractivity contribution in [2.24, 2.45) is 0 Å². The van der Waals surface area contributed by atoms with Gasteiger partial charge >= 0.3 is 105 Å². The Hall–Kier alpha value is -4.54. The Bertz CT molecular complexity index is 3550. The predicted octanol–water partition coefficient (Wildman–Crippen LogP) is -10.3. The molecule has 0 heterocycles. The van der Waals surface area contributed by atoms with Gasteiger partial charge in [0.15, 0.2) is 10.9 Å². The number of nitrogens with two attached hydrogens (primary N) is 1. The molecule has 4 aromatic rings. The van der Waals surface area contributed by atoms with E-state index in [1.54, 1.807) is 72.8 Å². The van der Waals surface area contributed by atoms with Crippen LogP contribution in [-0.2, 0) is 76.8 Å². The average molecular weight is 2220 g/mol. The minimum Gasteiger partial charge on any atom is -0.549 e. The van der Waals surface area contributed by atoms with Crippen LogP contribution < -0.4 is 77.5 Å². The molecular formula is C64H70Eu2I4N10O25S-4. The molecule has 42 heteroatoms. The largest absolute Gasteiger partial charge is 3.00 e. The van der Waals surface area contributed by atoms with Crippen LogP contribution in [0.2, 0.25) is 0 Å². The summed E-state index contributed by atoms with van der Waals surface area (Å²) in [5, 5.41) is 142. The Balaban J connectivity index is 0.00000128. The Morgan fingerprint density at radius 1 is 0.472 bits per heavy atom. The van der Waals surface area contributed by atoms with Crippen LogP contribution >= 0.6 is 103 Å². The third-order valence-corrected chi connectivity index (χ3v) is 18.2. The number of phenols is 1. The SMILES string of the molecule is Nc1ccc(CC(CN(CCN(CC(=O)[O-])CC(=O)[O-])CC(=O)[O-])N(CC(=O)[O-])CC(=O)[O-])cc1.O=C([O-])CN(CCN(CC(=O)[O-])CC(Cc1ccc(NC(=S)NCCCCCC(=O)NC(Cc2cc(I)c(Oc3cc(I)c(O)c(I)c3)c(I)c2)C(=O)O)cc1)N(CC(=O)[O-])CC(=O)[O-])CC(=O)[O-].[Eu+3].[Eu+3]. The molecule has 0 radical (unpaired) electrons. The number of aromatic hydroxyl groups is 1. The molecule has 578 valence electrons. The van der Waals surface area contributed by atoms with Crippen LogP contribution in [0.3, 0.4) is 0 Å². The van der Waals surface area contributed by atoms with Gasteiger partial charge in [0.2, 0.25) is 5.91 Å². The fraction of sp³-hybridized carbons (Fsp3) is 0.422. The summed E-state index contributed by atoms with van der Waals surface area (Å²) in [4.78, 5) is 144. The topological polar surface area (TPSA) is 567 Å². The van der Waals surface area contributed by atoms with Crippen molar-refractivity contribution in [1.82, 2.24) is 40.0 Å². The van der Waals surface area contributed by atoms with E-state index in [1.807, 2.05) is 45.2 Å². The number of aliphatic carboxylic acids is 11. The molecule has 0 saturated heterocycles. The van der Waals surface area contributed by atoms with Gasteiger partial charge in [-0.15, -0.1) is 0 Å². The standard InChI is InChI=1S/C43H50I4N6O15S.C21H30N4O10.2Eu/c44-29-16-28(17-30(45)40(29)65)68-41-31(46)13-25(14-32(41)47)15-33(42(66)67)50-34(54)4-2-1-3-9-48-43(69)49-26-7-5-24(6-8-26)12-27(53(22-38(61)62)23-39(63)64)18-51(19-35(55)56)10-11-52(20-36(57)58)21-37(59)60;22-15-3-1-14(2-4-15)7-16(25(12-20(32)33)13-21(34)35)8-23(9-17(26)27)5-6-24(10-18(28)29)11-19(30)31;;/h5-8,13-14,16-17,27,33,65H,1-4,9-12,15,18-23H2,(H,50,54)(H,55,56)(H,57,58)(H,59,60)(H,61,62)(H,63,64)(H,66,67)(H2,48,49,69);1-4,16H,5-13,22H2,(H,26,27)(H,28,29)(H,30,31)(H,32,33)(H,34,35);;/q;;2*+3/p-10. The molecule has 0 aliphatic heterocycles. The Labute approximate surface area is 749 Å². The van der Waals surface area contributed by atoms with Crippen LogP contribution in [-0.4, -0.2) is 246 Å². The first-order valence-electron chi connectivity index (χ1n) is 31.0. The number of amides is 1. The van der Waals surface area contributed by atoms with Crippen molar-refractivity contribution in [3.05, 3.63) is 104 Å². The maximum atomic E-state index is 12.8. The van der Waals surface area contributed by atoms with E-state index >= 15 is 0 Å². The van der Waals surface area contributed by atoms with Gasteiger partial charge in [0, 0.05) is 148 Å². The van der Waals surface area contributed by atoms with Crippen molar-refractivity contribution in [2.75, 3.05) is 122 Å². The van der Waals surface area contributed by atoms with E-state index in [1.165, 1.54) is 9.80 Å². The third-order valence-electron chi connectivity index (χ3n) is 14.7. The molecule has 1 amide bonds. The van der Waals surface area contributed by atoms with E-state index in [0.29, 0.717) is 72.5 Å². The van der Waals surface area contributed by atoms with Gasteiger partial charge in [-0.1, -0.05) is 30.7 Å². The number of carboxylic acid groups (broad SMARTS) is 11. The van der Waals surface area contributed by atoms with Gasteiger partial charge in [0.1, 0.15) is 17.5 Å². The van der Waals surface area contributed by atoms with E-state index in [2.05, 4.69) is 61.1 Å². The third kappa shape index (κ3) is 42.6. The summed E-state index contributed by atoms with van der Waals surface area (Å²) in [5.41, 5.74) is 8.55. The zero-order valence-electron chi connectivity index (χ0n) is 55.9. The summed E-state index contributed by atoms with van der Waals surface area (Å²) in [7, 11) is 0. The van der Waals surface area contributed by atoms with Crippen LogP contribution in [0.25, 0.3) is 0 Å². The molecule has 0 saturated carbocycles. The summed E-state index contributed by atoms with van der Waals surface area (Å²) < 4.78 is 8.85. The number of carbonyl (C=O) groups is 12. The molecular weight excluding hydrogens is 2150 g/mol. The molecule has 0 bridgehead atoms. The first-order chi connectivity index (χ1) is 48.8. The van der Waals surface area contributed by atoms with Gasteiger partial charge in [-0.25, -0.2) is 4.79 Å². The fourth-order valence-electron chi connectivity index (χ4n) is 10.2. The summed E-state index contributed by atoms with van der Waals surface area (Å²) in [6.45, 7) is -8.90. The first kappa shape index (κ1) is 99.5. The van der Waals surface area contributed by atoms with Crippen molar-refractivity contribution in [2.45, 2.75) is 63.1 Å². The Morgan fingerprint density at radius 2 is 0.830 bits per heavy atom. The van der Waals surface area contributed by atoms with Crippen LogP contribution in [0.4, 0.5) is 11.4 Å². The van der Waals surface area contributed by atoms with Gasteiger partial charge in [-0.2, -0.15) is 0 Å². The number of nitrogens with one attached hydrogen (secondary N) is 3. The number of carboxylic acids is 11. The number of benzene rings is 4. The zero-order chi connectivity index (χ0) is 77.9. The second-order valence-electron chi connectivity index (χ2n) is 23.2. The molecule has 0 aromatic heterocycles. The van der Waals surface area contributed by atoms with E-state index in [0.717, 1.165) is 26.7 Å². The van der Waals surface area contributed by atoms with Gasteiger partial charge in [0.05, 0.1) is 74.0 Å². The molecule has 0 spiro atoms. The Morgan fingerprint density at radius 3 is 1.20 bits per heavy atom. The number of halogens is 4. The summed E-state index contributed by atoms with van der Waals surface area (Å²) in [5.74, 6) is -16.1. The number of hydrogen-bond acceptors (Lipinski definition) is 32. The summed E-state index contributed by atoms with van der Waals surface area (Å²) in [6.07, 6.45) is 1.94. The summed E-state index contributed by atoms with van der Waals surface area (Å²) in [6, 6.07) is 17.0. The number of phenolic OH excluding ortho intramolecular Hbond substituents is 1. The number of nitrogens with zero attached hydrogens (tertiary/aromatic N) is 6. The monoisotopic (exact) mass is 2220 g/mol. The van der Waals surface area contributed by atoms with E-state index in [4.69, 9.17) is 22.7 Å². The minimum atomic E-state index is -1.62. The summed E-state index contributed by atoms with van der Waals surface area (Å²) >= 11 is 13.7. The number of rotatable bonds is 49. The van der Waals surface area contributed by atoms with Crippen LogP contribution in [0.15, 0.2) is 72.8 Å². The van der Waals surface area contributed by atoms with Crippen molar-refractivity contribution in [3.63, 3.8) is 0 Å². The molecule has 0 fully saturated rings. The maximum absolute atomic E-state index is 12.8. The van der Waals surface area contributed by atoms with Gasteiger partial charge < -0.3 is 136 Å². The number of nitrogen functional groups attached to an aromatic ring is 1. The quantitative estimate of drug-likeness (QED) is 0.0103. The zero-order valence-corrected chi connectivity index (χ0v) is 70.1. The molecule has 3 unspecified atom stereocenters. The van der Waals surface area contributed by atoms with E-state index in [-0.39, 0.29) is 175 Å². The first-order valence-corrected chi connectivity index (χ1v) is 35.8. The van der Waals surface area contributed by atoms with Crippen molar-refractivity contribution >= 4 is 191 Å². The molecule has 106 heavy (non-hydrogen) atoms. The van der Waals surface area contributed by atoms with Crippen molar-refractivity contribution in [3.8, 4) is 17.2 Å². The second-order valence-corrected chi connectivity index (χ2v) is 28.2. The molecule has 0 aliphatic carbocycles. The average Bonchev–Trinajstić information content (AvgIpc) is 0.814. The smallest absolute Gasteiger partial charge is 0.549 e. The fourth-order valence-corrected chi connectivity index (χ4v) is 14.2. The van der Waals surface area contributed by atoms with Crippen LogP contribution in [0.1, 0.15) is 42.4 Å². The molecule has 7 N–H and O–H groups in total. The number of ether oxygens (including phenoxy) is 1. The number of unbranched alkanes of at least 4 members (excludes halogenated alkanes) is 2. The van der Waals surface area contributed by atoms with Crippen molar-refractivity contribution < 1.29 is 222 Å². The van der Waals surface area contributed by atoms with Gasteiger partial charge in [0.25, 0.3) is 0 Å². The number of carbonyl (C=O) groups excluding carboxylic acids is 11.